The quantitative estimate of drug-likeness (QED) is 0.226. The minimum atomic E-state index is -1.18. The van der Waals surface area contributed by atoms with Crippen LogP contribution in [0.5, 0.6) is 0 Å². The second-order valence-electron chi connectivity index (χ2n) is 11.2. The van der Waals surface area contributed by atoms with E-state index in [4.69, 9.17) is 9.84 Å². The smallest absolute Gasteiger partial charge is 0.335 e. The summed E-state index contributed by atoms with van der Waals surface area (Å²) in [6.07, 6.45) is 7.22. The fourth-order valence-electron chi connectivity index (χ4n) is 4.80. The highest BCUT2D eigenvalue weighted by molar-refractivity contribution is 6.76. The Balaban J connectivity index is 1.35. The number of hydrogen-bond donors (Lipinski definition) is 1. The van der Waals surface area contributed by atoms with Crippen LogP contribution in [0, 0.1) is 17.1 Å². The van der Waals surface area contributed by atoms with Gasteiger partial charge in [0, 0.05) is 51.1 Å². The van der Waals surface area contributed by atoms with Crippen LogP contribution in [-0.2, 0) is 17.0 Å². The predicted molar refractivity (Wildman–Crippen MR) is 147 cm³/mol. The van der Waals surface area contributed by atoms with Crippen molar-refractivity contribution >= 4 is 30.8 Å². The topological polar surface area (TPSA) is 122 Å². The van der Waals surface area contributed by atoms with E-state index in [1.165, 1.54) is 18.5 Å². The Morgan fingerprint density at radius 3 is 2.74 bits per heavy atom. The van der Waals surface area contributed by atoms with Crippen LogP contribution in [-0.4, -0.2) is 63.2 Å². The molecule has 5 rings (SSSR count). The lowest BCUT2D eigenvalue weighted by Crippen LogP contribution is -2.63. The van der Waals surface area contributed by atoms with E-state index in [0.29, 0.717) is 32.1 Å². The number of hydrogen-bond acceptors (Lipinski definition) is 7. The Morgan fingerprint density at radius 1 is 1.26 bits per heavy atom. The van der Waals surface area contributed by atoms with Crippen LogP contribution in [0.2, 0.25) is 25.7 Å². The molecule has 0 radical (unpaired) electrons. The Bertz CT molecular complexity index is 1560. The summed E-state index contributed by atoms with van der Waals surface area (Å²) < 4.78 is 24.3. The number of anilines is 1. The summed E-state index contributed by atoms with van der Waals surface area (Å²) in [6.45, 7) is 8.80. The molecule has 0 atom stereocenters. The van der Waals surface area contributed by atoms with Gasteiger partial charge in [0.25, 0.3) is 0 Å². The van der Waals surface area contributed by atoms with Gasteiger partial charge in [0.1, 0.15) is 30.1 Å². The van der Waals surface area contributed by atoms with Crippen molar-refractivity contribution in [2.24, 2.45) is 0 Å². The van der Waals surface area contributed by atoms with Gasteiger partial charge in [0.2, 0.25) is 0 Å². The Kier molecular flexibility index (Phi) is 6.96. The number of nitrogens with zero attached hydrogens (tertiary/aromatic N) is 7. The van der Waals surface area contributed by atoms with E-state index >= 15 is 0 Å². The monoisotopic (exact) mass is 547 g/mol. The SMILES string of the molecule is C[Si](C)(C)CCOCn1ccc2c(-c3cnn(C4(CC#N)CN(c5ccc(C(=O)O)cc5F)C4)c3)ncnc21. The van der Waals surface area contributed by atoms with Crippen molar-refractivity contribution in [2.45, 2.75) is 44.4 Å². The van der Waals surface area contributed by atoms with Gasteiger partial charge in [0.15, 0.2) is 0 Å². The number of rotatable bonds is 10. The summed E-state index contributed by atoms with van der Waals surface area (Å²) in [6, 6.07) is 9.14. The van der Waals surface area contributed by atoms with Crippen LogP contribution in [0.3, 0.4) is 0 Å². The van der Waals surface area contributed by atoms with Crippen molar-refractivity contribution < 1.29 is 19.0 Å². The Hall–Kier alpha value is -4.08. The number of aromatic nitrogens is 5. The molecule has 4 aromatic rings. The summed E-state index contributed by atoms with van der Waals surface area (Å²) in [5, 5.41) is 24.1. The molecule has 202 valence electrons. The molecule has 0 unspecified atom stereocenters. The maximum absolute atomic E-state index is 14.6. The summed E-state index contributed by atoms with van der Waals surface area (Å²) >= 11 is 0. The van der Waals surface area contributed by atoms with Gasteiger partial charge in [0.05, 0.1) is 35.6 Å². The van der Waals surface area contributed by atoms with Crippen LogP contribution < -0.4 is 4.90 Å². The summed E-state index contributed by atoms with van der Waals surface area (Å²) in [5.74, 6) is -1.80. The van der Waals surface area contributed by atoms with E-state index in [2.05, 4.69) is 40.8 Å². The van der Waals surface area contributed by atoms with Crippen LogP contribution >= 0.6 is 0 Å². The van der Waals surface area contributed by atoms with E-state index in [0.717, 1.165) is 34.4 Å². The Labute approximate surface area is 226 Å². The van der Waals surface area contributed by atoms with E-state index in [9.17, 15) is 14.4 Å². The first kappa shape index (κ1) is 26.5. The van der Waals surface area contributed by atoms with Gasteiger partial charge in [-0.25, -0.2) is 19.2 Å². The molecule has 0 spiro atoms. The zero-order valence-electron chi connectivity index (χ0n) is 22.1. The fraction of sp³-hybridized carbons (Fsp3) is 0.370. The maximum Gasteiger partial charge on any atom is 0.335 e. The first-order chi connectivity index (χ1) is 18.6. The molecule has 39 heavy (non-hydrogen) atoms. The van der Waals surface area contributed by atoms with Gasteiger partial charge in [-0.2, -0.15) is 10.4 Å². The van der Waals surface area contributed by atoms with Crippen molar-refractivity contribution in [3.8, 4) is 17.3 Å². The van der Waals surface area contributed by atoms with Crippen molar-refractivity contribution in [1.82, 2.24) is 24.3 Å². The maximum atomic E-state index is 14.6. The Morgan fingerprint density at radius 2 is 2.05 bits per heavy atom. The first-order valence-corrected chi connectivity index (χ1v) is 16.4. The van der Waals surface area contributed by atoms with E-state index < -0.39 is 25.4 Å². The van der Waals surface area contributed by atoms with Crippen molar-refractivity contribution in [2.75, 3.05) is 24.6 Å². The lowest BCUT2D eigenvalue weighted by atomic mass is 9.86. The molecule has 1 aliphatic rings. The average molecular weight is 548 g/mol. The summed E-state index contributed by atoms with van der Waals surface area (Å²) in [7, 11) is -1.17. The number of benzene rings is 1. The number of carboxylic acids is 1. The first-order valence-electron chi connectivity index (χ1n) is 12.7. The molecule has 0 aliphatic carbocycles. The molecule has 1 fully saturated rings. The van der Waals surface area contributed by atoms with E-state index in [1.54, 1.807) is 15.8 Å². The molecule has 1 N–H and O–H groups in total. The van der Waals surface area contributed by atoms with Crippen molar-refractivity contribution in [1.29, 1.82) is 5.26 Å². The highest BCUT2D eigenvalue weighted by Crippen LogP contribution is 2.38. The van der Waals surface area contributed by atoms with Gasteiger partial charge in [-0.05, 0) is 30.3 Å². The minimum Gasteiger partial charge on any atom is -0.478 e. The van der Waals surface area contributed by atoms with E-state index in [-0.39, 0.29) is 12.0 Å². The number of halogens is 1. The number of aromatic carboxylic acids is 1. The number of ether oxygens (including phenoxy) is 1. The molecule has 12 heteroatoms. The highest BCUT2D eigenvalue weighted by Gasteiger charge is 2.46. The second kappa shape index (κ2) is 10.2. The van der Waals surface area contributed by atoms with Crippen LogP contribution in [0.15, 0.2) is 49.2 Å². The van der Waals surface area contributed by atoms with Crippen LogP contribution in [0.4, 0.5) is 10.1 Å². The number of carboxylic acid groups (broad SMARTS) is 1. The van der Waals surface area contributed by atoms with Gasteiger partial charge < -0.3 is 19.3 Å². The summed E-state index contributed by atoms with van der Waals surface area (Å²) in [5.41, 5.74) is 1.82. The molecule has 3 aromatic heterocycles. The molecule has 1 saturated heterocycles. The fourth-order valence-corrected chi connectivity index (χ4v) is 5.56. The zero-order chi connectivity index (χ0) is 27.8. The van der Waals surface area contributed by atoms with Gasteiger partial charge in [-0.15, -0.1) is 0 Å². The normalized spacial score (nSPS) is 14.8. The minimum absolute atomic E-state index is 0.111. The second-order valence-corrected chi connectivity index (χ2v) is 16.8. The highest BCUT2D eigenvalue weighted by atomic mass is 28.3. The third-order valence-corrected chi connectivity index (χ3v) is 8.74. The molecule has 0 saturated carbocycles. The molecule has 1 aliphatic heterocycles. The zero-order valence-corrected chi connectivity index (χ0v) is 23.1. The van der Waals surface area contributed by atoms with Crippen LogP contribution in [0.25, 0.3) is 22.3 Å². The molecule has 4 heterocycles. The number of nitriles is 1. The van der Waals surface area contributed by atoms with Gasteiger partial charge in [-0.1, -0.05) is 19.6 Å². The summed E-state index contributed by atoms with van der Waals surface area (Å²) in [4.78, 5) is 21.9. The molecule has 1 aromatic carbocycles. The molecular weight excluding hydrogens is 517 g/mol. The third kappa shape index (κ3) is 5.28. The molecule has 0 bridgehead atoms. The van der Waals surface area contributed by atoms with Crippen molar-refractivity contribution in [3.05, 3.63) is 60.6 Å². The number of carbonyl (C=O) groups is 1. The van der Waals surface area contributed by atoms with Crippen LogP contribution in [0.1, 0.15) is 16.8 Å². The lowest BCUT2D eigenvalue weighted by Gasteiger charge is -2.50. The molecular formula is C27H30FN7O3Si. The van der Waals surface area contributed by atoms with Gasteiger partial charge in [-0.3, -0.25) is 4.68 Å². The number of fused-ring (bicyclic) bond motifs is 1. The third-order valence-electron chi connectivity index (χ3n) is 7.04. The molecule has 10 nitrogen and oxygen atoms in total. The predicted octanol–water partition coefficient (Wildman–Crippen LogP) is 4.57. The standard InChI is InChI=1S/C27H30FN7O3Si/c1-39(2,3)11-10-38-18-33-9-6-21-24(30-17-31-25(21)33)20-13-32-35(14-20)27(7-8-29)15-34(16-27)23-5-4-19(26(36)37)12-22(23)28/h4-6,9,12-14,17H,7,10-11,15-16,18H2,1-3H3,(H,36,37). The average Bonchev–Trinajstić information content (AvgIpc) is 3.51. The molecule has 0 amide bonds. The van der Waals surface area contributed by atoms with Crippen molar-refractivity contribution in [3.63, 3.8) is 0 Å². The largest absolute Gasteiger partial charge is 0.478 e. The van der Waals surface area contributed by atoms with Gasteiger partial charge >= 0.3 is 5.97 Å². The van der Waals surface area contributed by atoms with E-state index in [1.807, 2.05) is 23.0 Å². The lowest BCUT2D eigenvalue weighted by molar-refractivity contribution is 0.0696.